The van der Waals surface area contributed by atoms with E-state index >= 15 is 0 Å². The maximum absolute atomic E-state index is 12.3. The molecule has 0 saturated carbocycles. The van der Waals surface area contributed by atoms with Gasteiger partial charge >= 0.3 is 0 Å². The summed E-state index contributed by atoms with van der Waals surface area (Å²) in [5, 5.41) is 7.93. The van der Waals surface area contributed by atoms with Crippen LogP contribution in [0.25, 0.3) is 0 Å². The third-order valence-electron chi connectivity index (χ3n) is 4.03. The Bertz CT molecular complexity index is 857. The number of nitrogens with two attached hydrogens (primary N) is 1. The second-order valence-electron chi connectivity index (χ2n) is 6.33. The highest BCUT2D eigenvalue weighted by atomic mass is 32.2. The van der Waals surface area contributed by atoms with E-state index in [1.165, 1.54) is 12.1 Å². The van der Waals surface area contributed by atoms with Gasteiger partial charge in [0.25, 0.3) is 0 Å². The first-order valence-electron chi connectivity index (χ1n) is 8.40. The Morgan fingerprint density at radius 2 is 1.65 bits per heavy atom. The predicted molar refractivity (Wildman–Crippen MR) is 103 cm³/mol. The Morgan fingerprint density at radius 3 is 2.15 bits per heavy atom. The molecular formula is C19H25N3O3S. The zero-order valence-electron chi connectivity index (χ0n) is 15.3. The zero-order valence-corrected chi connectivity index (χ0v) is 16.1. The Labute approximate surface area is 155 Å². The maximum Gasteiger partial charge on any atom is 0.239 e. The van der Waals surface area contributed by atoms with Crippen molar-refractivity contribution in [2.45, 2.75) is 32.2 Å². The first kappa shape index (κ1) is 19.9. The SMILES string of the molecule is CCN(CC(=O)NCc1ccc(S(N)(=O)=O)cc1)c1cc(C)cc(C)c1. The summed E-state index contributed by atoms with van der Waals surface area (Å²) in [5.41, 5.74) is 4.15. The van der Waals surface area contributed by atoms with E-state index in [4.69, 9.17) is 5.14 Å². The van der Waals surface area contributed by atoms with Crippen LogP contribution in [0.1, 0.15) is 23.6 Å². The summed E-state index contributed by atoms with van der Waals surface area (Å²) in [5.74, 6) is -0.0958. The number of carbonyl (C=O) groups excluding carboxylic acids is 1. The molecule has 0 aromatic heterocycles. The van der Waals surface area contributed by atoms with Crippen molar-refractivity contribution >= 4 is 21.6 Å². The fourth-order valence-electron chi connectivity index (χ4n) is 2.75. The molecule has 0 spiro atoms. The van der Waals surface area contributed by atoms with Crippen molar-refractivity contribution in [1.29, 1.82) is 0 Å². The highest BCUT2D eigenvalue weighted by Gasteiger charge is 2.11. The van der Waals surface area contributed by atoms with Gasteiger partial charge in [0.2, 0.25) is 15.9 Å². The topological polar surface area (TPSA) is 92.5 Å². The van der Waals surface area contributed by atoms with Crippen molar-refractivity contribution in [3.8, 4) is 0 Å². The number of benzene rings is 2. The molecule has 0 atom stereocenters. The minimum atomic E-state index is -3.70. The normalized spacial score (nSPS) is 11.2. The number of sulfonamides is 1. The largest absolute Gasteiger partial charge is 0.362 e. The van der Waals surface area contributed by atoms with E-state index in [0.29, 0.717) is 6.54 Å². The smallest absolute Gasteiger partial charge is 0.239 e. The van der Waals surface area contributed by atoms with Gasteiger partial charge in [-0.05, 0) is 61.7 Å². The first-order valence-corrected chi connectivity index (χ1v) is 9.95. The molecule has 2 aromatic carbocycles. The molecule has 2 aromatic rings. The van der Waals surface area contributed by atoms with Crippen LogP contribution in [0.15, 0.2) is 47.4 Å². The lowest BCUT2D eigenvalue weighted by molar-refractivity contribution is -0.119. The van der Waals surface area contributed by atoms with Crippen LogP contribution in [0.4, 0.5) is 5.69 Å². The van der Waals surface area contributed by atoms with Gasteiger partial charge in [0, 0.05) is 18.8 Å². The summed E-state index contributed by atoms with van der Waals surface area (Å²) < 4.78 is 22.5. The molecule has 0 aliphatic heterocycles. The summed E-state index contributed by atoms with van der Waals surface area (Å²) in [4.78, 5) is 14.4. The van der Waals surface area contributed by atoms with Gasteiger partial charge in [-0.25, -0.2) is 13.6 Å². The van der Waals surface area contributed by atoms with Crippen LogP contribution >= 0.6 is 0 Å². The van der Waals surface area contributed by atoms with E-state index in [1.54, 1.807) is 12.1 Å². The van der Waals surface area contributed by atoms with E-state index < -0.39 is 10.0 Å². The molecule has 2 rings (SSSR count). The van der Waals surface area contributed by atoms with Gasteiger partial charge in [-0.2, -0.15) is 0 Å². The molecule has 0 radical (unpaired) electrons. The molecule has 140 valence electrons. The van der Waals surface area contributed by atoms with Crippen LogP contribution in [-0.2, 0) is 21.4 Å². The Morgan fingerprint density at radius 1 is 1.08 bits per heavy atom. The van der Waals surface area contributed by atoms with Crippen molar-refractivity contribution < 1.29 is 13.2 Å². The van der Waals surface area contributed by atoms with Crippen molar-refractivity contribution in [2.24, 2.45) is 5.14 Å². The fourth-order valence-corrected chi connectivity index (χ4v) is 3.26. The van der Waals surface area contributed by atoms with Crippen LogP contribution in [0.5, 0.6) is 0 Å². The lowest BCUT2D eigenvalue weighted by atomic mass is 10.1. The van der Waals surface area contributed by atoms with Crippen molar-refractivity contribution in [3.05, 3.63) is 59.2 Å². The van der Waals surface area contributed by atoms with Crippen molar-refractivity contribution in [3.63, 3.8) is 0 Å². The van der Waals surface area contributed by atoms with Crippen molar-refractivity contribution in [2.75, 3.05) is 18.0 Å². The predicted octanol–water partition coefficient (Wildman–Crippen LogP) is 2.09. The molecule has 0 saturated heterocycles. The monoisotopic (exact) mass is 375 g/mol. The minimum Gasteiger partial charge on any atom is -0.362 e. The highest BCUT2D eigenvalue weighted by Crippen LogP contribution is 2.18. The summed E-state index contributed by atoms with van der Waals surface area (Å²) in [6, 6.07) is 12.4. The quantitative estimate of drug-likeness (QED) is 0.775. The number of nitrogens with one attached hydrogen (secondary N) is 1. The number of anilines is 1. The van der Waals surface area contributed by atoms with Gasteiger partial charge in [-0.3, -0.25) is 4.79 Å². The standard InChI is InChI=1S/C19H25N3O3S/c1-4-22(17-10-14(2)9-15(3)11-17)13-19(23)21-12-16-5-7-18(8-6-16)26(20,24)25/h5-11H,4,12-13H2,1-3H3,(H,21,23)(H2,20,24,25). The molecule has 0 aliphatic rings. The van der Waals surface area contributed by atoms with Gasteiger partial charge in [-0.1, -0.05) is 18.2 Å². The van der Waals surface area contributed by atoms with Gasteiger partial charge in [0.15, 0.2) is 0 Å². The molecule has 26 heavy (non-hydrogen) atoms. The third-order valence-corrected chi connectivity index (χ3v) is 4.96. The van der Waals surface area contributed by atoms with E-state index in [-0.39, 0.29) is 17.3 Å². The van der Waals surface area contributed by atoms with Crippen LogP contribution in [0.2, 0.25) is 0 Å². The number of hydrogen-bond acceptors (Lipinski definition) is 4. The van der Waals surface area contributed by atoms with E-state index in [1.807, 2.05) is 25.7 Å². The summed E-state index contributed by atoms with van der Waals surface area (Å²) in [7, 11) is -3.70. The van der Waals surface area contributed by atoms with Crippen molar-refractivity contribution in [1.82, 2.24) is 5.32 Å². The van der Waals surface area contributed by atoms with Crippen LogP contribution in [0, 0.1) is 13.8 Å². The number of rotatable bonds is 7. The van der Waals surface area contributed by atoms with E-state index in [0.717, 1.165) is 28.9 Å². The number of primary sulfonamides is 1. The van der Waals surface area contributed by atoms with Crippen LogP contribution < -0.4 is 15.4 Å². The lowest BCUT2D eigenvalue weighted by Gasteiger charge is -2.23. The number of hydrogen-bond donors (Lipinski definition) is 2. The maximum atomic E-state index is 12.3. The number of nitrogens with zero attached hydrogens (tertiary/aromatic N) is 1. The minimum absolute atomic E-state index is 0.0551. The van der Waals surface area contributed by atoms with Crippen LogP contribution in [0.3, 0.4) is 0 Å². The van der Waals surface area contributed by atoms with Crippen LogP contribution in [-0.4, -0.2) is 27.4 Å². The Kier molecular flexibility index (Phi) is 6.39. The first-order chi connectivity index (χ1) is 12.2. The Balaban J connectivity index is 1.96. The second-order valence-corrected chi connectivity index (χ2v) is 7.89. The molecule has 0 fully saturated rings. The van der Waals surface area contributed by atoms with Gasteiger partial charge in [0.1, 0.15) is 0 Å². The van der Waals surface area contributed by atoms with Gasteiger partial charge in [-0.15, -0.1) is 0 Å². The number of amides is 1. The second kappa shape index (κ2) is 8.33. The summed E-state index contributed by atoms with van der Waals surface area (Å²) >= 11 is 0. The summed E-state index contributed by atoms with van der Waals surface area (Å²) in [6.45, 7) is 7.39. The van der Waals surface area contributed by atoms with E-state index in [9.17, 15) is 13.2 Å². The average Bonchev–Trinajstić information content (AvgIpc) is 2.56. The molecule has 6 nitrogen and oxygen atoms in total. The number of carbonyl (C=O) groups is 1. The summed E-state index contributed by atoms with van der Waals surface area (Å²) in [6.07, 6.45) is 0. The van der Waals surface area contributed by atoms with Gasteiger partial charge in [0.05, 0.1) is 11.4 Å². The van der Waals surface area contributed by atoms with E-state index in [2.05, 4.69) is 23.5 Å². The lowest BCUT2D eigenvalue weighted by Crippen LogP contribution is -2.37. The molecule has 7 heteroatoms. The van der Waals surface area contributed by atoms with Gasteiger partial charge < -0.3 is 10.2 Å². The molecule has 3 N–H and O–H groups in total. The third kappa shape index (κ3) is 5.57. The molecule has 0 heterocycles. The number of aryl methyl sites for hydroxylation is 2. The fraction of sp³-hybridized carbons (Fsp3) is 0.316. The molecule has 1 amide bonds. The number of likely N-dealkylation sites (N-methyl/N-ethyl adjacent to an activating group) is 1. The molecule has 0 aliphatic carbocycles. The molecule has 0 unspecified atom stereocenters. The molecular weight excluding hydrogens is 350 g/mol. The Hall–Kier alpha value is -2.38. The average molecular weight is 375 g/mol. The zero-order chi connectivity index (χ0) is 19.3. The molecule has 0 bridgehead atoms. The highest BCUT2D eigenvalue weighted by molar-refractivity contribution is 7.89.